The zero-order valence-electron chi connectivity index (χ0n) is 42.1. The number of carbonyl (C=O) groups excluding carboxylic acids is 5. The van der Waals surface area contributed by atoms with Gasteiger partial charge in [-0.2, -0.15) is 0 Å². The second kappa shape index (κ2) is 26.2. The smallest absolute Gasteiger partial charge is 0.192 e. The molecule has 0 bridgehead atoms. The lowest BCUT2D eigenvalue weighted by molar-refractivity contribution is -0.889. The lowest BCUT2D eigenvalue weighted by Gasteiger charge is -2.34. The highest BCUT2D eigenvalue weighted by Gasteiger charge is 2.32. The molecule has 0 radical (unpaired) electrons. The van der Waals surface area contributed by atoms with Crippen molar-refractivity contribution < 1.29 is 62.3 Å². The van der Waals surface area contributed by atoms with Gasteiger partial charge in [0.15, 0.2) is 5.12 Å². The quantitative estimate of drug-likeness (QED) is 0.0515. The first-order valence-corrected chi connectivity index (χ1v) is 23.6. The molecule has 0 N–H and O–H groups in total. The Morgan fingerprint density at radius 2 is 0.765 bits per heavy atom. The van der Waals surface area contributed by atoms with E-state index in [1.165, 1.54) is 28.5 Å². The number of carboxylic acid groups (broad SMARTS) is 4. The summed E-state index contributed by atoms with van der Waals surface area (Å²) in [5.74, 6) is -4.38. The highest BCUT2D eigenvalue weighted by atomic mass is 35.5. The largest absolute Gasteiger partial charge is 0.544 e. The summed E-state index contributed by atoms with van der Waals surface area (Å²) in [4.78, 5) is 74.0. The molecular weight excluding hydrogens is 984 g/mol. The maximum Gasteiger partial charge on any atom is 0.192 e. The predicted molar refractivity (Wildman–Crippen MR) is 258 cm³/mol. The molecule has 4 rings (SSSR count). The first kappa shape index (κ1) is 63.9. The number of aromatic nitrogens is 8. The van der Waals surface area contributed by atoms with E-state index in [0.29, 0.717) is 33.0 Å². The molecule has 68 heavy (non-hydrogen) atoms. The summed E-state index contributed by atoms with van der Waals surface area (Å²) in [6.07, 6.45) is 9.51. The molecule has 0 spiro atoms. The van der Waals surface area contributed by atoms with E-state index in [0.717, 1.165) is 27.5 Å². The summed E-state index contributed by atoms with van der Waals surface area (Å²) in [5.41, 5.74) is 2.74. The molecule has 4 atom stereocenters. The van der Waals surface area contributed by atoms with E-state index in [4.69, 9.17) is 0 Å². The molecule has 0 aliphatic heterocycles. The number of aryl methyl sites for hydroxylation is 4. The van der Waals surface area contributed by atoms with Crippen molar-refractivity contribution in [1.82, 2.24) is 38.2 Å². The molecule has 0 saturated heterocycles. The van der Waals surface area contributed by atoms with Gasteiger partial charge in [0.25, 0.3) is 0 Å². The maximum atomic E-state index is 11.7. The zero-order valence-corrected chi connectivity index (χ0v) is 46.2. The van der Waals surface area contributed by atoms with E-state index in [-0.39, 0.29) is 62.6 Å². The van der Waals surface area contributed by atoms with Gasteiger partial charge in [0.1, 0.15) is 39.2 Å². The van der Waals surface area contributed by atoms with Gasteiger partial charge < -0.3 is 75.8 Å². The van der Waals surface area contributed by atoms with Gasteiger partial charge >= 0.3 is 0 Å². The number of hydrogen-bond donors (Lipinski definition) is 0. The van der Waals surface area contributed by atoms with Gasteiger partial charge in [0.2, 0.25) is 0 Å². The summed E-state index contributed by atoms with van der Waals surface area (Å²) in [5, 5.41) is 47.9. The number of halogens is 2. The minimum Gasteiger partial charge on any atom is -0.544 e. The number of aliphatic carboxylic acids is 4. The first-order valence-electron chi connectivity index (χ1n) is 20.6. The number of rotatable bonds is 20. The van der Waals surface area contributed by atoms with Crippen LogP contribution in [0, 0.1) is 0 Å². The minimum absolute atomic E-state index is 0. The third kappa shape index (κ3) is 19.3. The summed E-state index contributed by atoms with van der Waals surface area (Å²) >= 11 is 1.06. The number of carboxylic acids is 4. The van der Waals surface area contributed by atoms with Crippen LogP contribution in [0.1, 0.15) is 29.7 Å². The molecule has 4 aromatic rings. The number of quaternary nitrogens is 4. The zero-order chi connectivity index (χ0) is 50.9. The van der Waals surface area contributed by atoms with Crippen molar-refractivity contribution in [3.8, 4) is 0 Å². The van der Waals surface area contributed by atoms with E-state index in [9.17, 15) is 44.4 Å². The van der Waals surface area contributed by atoms with Crippen LogP contribution in [0.3, 0.4) is 0 Å². The van der Waals surface area contributed by atoms with E-state index >= 15 is 0 Å². The average Bonchev–Trinajstić information content (AvgIpc) is 3.91. The Balaban J connectivity index is 0.00000106. The van der Waals surface area contributed by atoms with Gasteiger partial charge in [-0.25, -0.2) is 19.9 Å². The van der Waals surface area contributed by atoms with Gasteiger partial charge in [0.05, 0.1) is 176 Å². The van der Waals surface area contributed by atoms with Crippen molar-refractivity contribution in [3.63, 3.8) is 0 Å². The molecule has 26 heteroatoms. The van der Waals surface area contributed by atoms with Crippen molar-refractivity contribution >= 4 is 87.2 Å². The molecule has 21 nitrogen and oxygen atoms in total. The molecular formula is C42H70Cl2N12O9S3. The molecule has 0 amide bonds. The van der Waals surface area contributed by atoms with Gasteiger partial charge in [-0.3, -0.25) is 4.79 Å². The number of likely N-dealkylation sites (N-methyl/N-ethyl adjacent to an activating group) is 4. The van der Waals surface area contributed by atoms with Crippen LogP contribution < -0.4 is 20.4 Å². The monoisotopic (exact) mass is 1050 g/mol. The minimum atomic E-state index is -1.12. The van der Waals surface area contributed by atoms with Crippen molar-refractivity contribution in [3.05, 3.63) is 54.3 Å². The Morgan fingerprint density at radius 3 is 1.01 bits per heavy atom. The van der Waals surface area contributed by atoms with Gasteiger partial charge in [-0.15, -0.1) is 24.8 Å². The summed E-state index contributed by atoms with van der Waals surface area (Å²) < 4.78 is 8.24. The summed E-state index contributed by atoms with van der Waals surface area (Å²) in [7, 11) is 32.0. The third-order valence-electron chi connectivity index (χ3n) is 10.5. The highest BCUT2D eigenvalue weighted by molar-refractivity contribution is 8.76. The van der Waals surface area contributed by atoms with Crippen LogP contribution in [-0.4, -0.2) is 194 Å². The molecule has 2 unspecified atom stereocenters. The van der Waals surface area contributed by atoms with Crippen molar-refractivity contribution in [2.45, 2.75) is 71.9 Å². The number of hydrogen-bond acceptors (Lipinski definition) is 16. The number of thioether (sulfide) groups is 1. The Labute approximate surface area is 424 Å². The average molecular weight is 1050 g/mol. The first-order chi connectivity index (χ1) is 30.1. The fourth-order valence-electron chi connectivity index (χ4n) is 6.40. The molecule has 0 aromatic carbocycles. The van der Waals surface area contributed by atoms with E-state index in [1.807, 2.05) is 99.9 Å². The predicted octanol–water partition coefficient (Wildman–Crippen LogP) is -2.26. The van der Waals surface area contributed by atoms with E-state index < -0.39 is 48.0 Å². The van der Waals surface area contributed by atoms with Crippen LogP contribution in [0.15, 0.2) is 46.6 Å². The topological polar surface area (TPSA) is 249 Å². The van der Waals surface area contributed by atoms with Crippen LogP contribution >= 0.6 is 58.2 Å². The van der Waals surface area contributed by atoms with Crippen molar-refractivity contribution in [2.75, 3.05) is 84.6 Å². The lowest BCUT2D eigenvalue weighted by Crippen LogP contribution is -2.56. The Bertz CT molecular complexity index is 2230. The standard InChI is InChI=1S/C20H32N6O4S2.C12H19N3O3S.C10H17N3O2.2ClH/c1-23-11-21-13(9-15(19(27)28)25(3,4)5)17(23)31-32-18-14(22-12-24(18)2)10-16(20(29)30)26(6,7)8;1-8(16)19-11-9(13-7-14(11)2)6-10(12(17)18)15(3,4)5;1-12-6-8(11-7-12)5-9(10(14)15)13(2,3)4;;/h11-12,15-16H,9-10H2,1-8H3;7,10H,6H2,1-5H3;6-7,9H,5H2,1-4H3;2*1H/t;10-;9-;;/m.00../s1. The van der Waals surface area contributed by atoms with Crippen molar-refractivity contribution in [1.29, 1.82) is 0 Å². The van der Waals surface area contributed by atoms with Crippen LogP contribution in [0.5, 0.6) is 0 Å². The van der Waals surface area contributed by atoms with Crippen LogP contribution in [-0.2, 0) is 77.8 Å². The SMILES string of the molecule is CC(=O)Sc1c(C[C@@H](C(=O)[O-])[N+](C)(C)C)ncn1C.Cl.Cl.Cn1cnc(CC(C(=O)[O-])[N+](C)(C)C)c1SSc1c(CC(C(=O)[O-])[N+](C)(C)C)ncn1C.Cn1cnc(C[C@@H](C(=O)[O-])[N+](C)(C)C)c1. The third-order valence-corrected chi connectivity index (χ3v) is 14.1. The molecule has 0 aliphatic carbocycles. The normalized spacial score (nSPS) is 13.5. The van der Waals surface area contributed by atoms with E-state index in [1.54, 1.807) is 62.6 Å². The van der Waals surface area contributed by atoms with Crippen LogP contribution in [0.25, 0.3) is 0 Å². The second-order valence-electron chi connectivity index (χ2n) is 19.7. The molecule has 384 valence electrons. The lowest BCUT2D eigenvalue weighted by atomic mass is 10.1. The summed E-state index contributed by atoms with van der Waals surface area (Å²) in [6, 6.07) is -2.76. The Hall–Kier alpha value is -4.14. The molecule has 4 aromatic heterocycles. The number of nitrogens with zero attached hydrogens (tertiary/aromatic N) is 12. The molecule has 4 heterocycles. The van der Waals surface area contributed by atoms with Crippen molar-refractivity contribution in [2.24, 2.45) is 28.2 Å². The number of carbonyl (C=O) groups is 5. The maximum absolute atomic E-state index is 11.7. The Kier molecular flexibility index (Phi) is 24.6. The molecule has 0 saturated carbocycles. The molecule has 0 aliphatic rings. The van der Waals surface area contributed by atoms with Gasteiger partial charge in [-0.1, -0.05) is 0 Å². The van der Waals surface area contributed by atoms with Gasteiger partial charge in [0, 0.05) is 47.7 Å². The van der Waals surface area contributed by atoms with E-state index in [2.05, 4.69) is 19.9 Å². The van der Waals surface area contributed by atoms with Gasteiger partial charge in [-0.05, 0) is 33.3 Å². The second-order valence-corrected chi connectivity index (χ2v) is 23.0. The fraction of sp³-hybridized carbons (Fsp3) is 0.595. The Morgan fingerprint density at radius 1 is 0.485 bits per heavy atom. The fourth-order valence-corrected chi connectivity index (χ4v) is 9.82. The highest BCUT2D eigenvalue weighted by Crippen LogP contribution is 2.40. The van der Waals surface area contributed by atoms with Crippen LogP contribution in [0.4, 0.5) is 0 Å². The van der Waals surface area contributed by atoms with Crippen LogP contribution in [0.2, 0.25) is 0 Å². The molecule has 0 fully saturated rings. The number of imidazole rings is 4. The summed E-state index contributed by atoms with van der Waals surface area (Å²) in [6.45, 7) is 1.47.